The lowest BCUT2D eigenvalue weighted by Crippen LogP contribution is -2.54. The smallest absolute Gasteiger partial charge is 0.328 e. The molecule has 1 amide bonds. The van der Waals surface area contributed by atoms with E-state index in [1.807, 2.05) is 12.1 Å². The van der Waals surface area contributed by atoms with Crippen LogP contribution < -0.4 is 0 Å². The number of carbonyl (C=O) groups is 2. The van der Waals surface area contributed by atoms with Gasteiger partial charge in [0, 0.05) is 5.56 Å². The molecule has 2 aliphatic rings. The largest absolute Gasteiger partial charge is 0.480 e. The van der Waals surface area contributed by atoms with Crippen LogP contribution in [0.15, 0.2) is 24.3 Å². The van der Waals surface area contributed by atoms with Crippen LogP contribution in [0.5, 0.6) is 0 Å². The van der Waals surface area contributed by atoms with Gasteiger partial charge in [-0.25, -0.2) is 4.79 Å². The average molecular weight is 345 g/mol. The van der Waals surface area contributed by atoms with Crippen LogP contribution in [-0.4, -0.2) is 40.3 Å². The summed E-state index contributed by atoms with van der Waals surface area (Å²) >= 11 is 0. The minimum Gasteiger partial charge on any atom is -0.480 e. The predicted molar refractivity (Wildman–Crippen MR) is 94.5 cm³/mol. The van der Waals surface area contributed by atoms with Crippen molar-refractivity contribution in [2.75, 3.05) is 6.61 Å². The number of carboxylic acids is 1. The molecule has 1 atom stereocenters. The SMILES string of the molecule is CC(C)(C)c1ccc(C(=O)N2[C@H](C(=O)O)COC23CCCCC3)cc1. The number of hydrogen-bond donors (Lipinski definition) is 1. The number of carboxylic acid groups (broad SMARTS) is 1. The molecule has 1 N–H and O–H groups in total. The summed E-state index contributed by atoms with van der Waals surface area (Å²) in [7, 11) is 0. The lowest BCUT2D eigenvalue weighted by molar-refractivity contribution is -0.143. The second kappa shape index (κ2) is 6.45. The van der Waals surface area contributed by atoms with Crippen LogP contribution in [0.25, 0.3) is 0 Å². The summed E-state index contributed by atoms with van der Waals surface area (Å²) in [5.41, 5.74) is 0.923. The fourth-order valence-electron chi connectivity index (χ4n) is 3.91. The van der Waals surface area contributed by atoms with Gasteiger partial charge in [0.25, 0.3) is 5.91 Å². The first-order valence-electron chi connectivity index (χ1n) is 9.06. The van der Waals surface area contributed by atoms with Gasteiger partial charge in [0.15, 0.2) is 6.04 Å². The van der Waals surface area contributed by atoms with Crippen LogP contribution in [0.2, 0.25) is 0 Å². The maximum Gasteiger partial charge on any atom is 0.328 e. The molecule has 5 heteroatoms. The zero-order valence-corrected chi connectivity index (χ0v) is 15.2. The van der Waals surface area contributed by atoms with Crippen molar-refractivity contribution in [3.05, 3.63) is 35.4 Å². The Bertz CT molecular complexity index is 653. The summed E-state index contributed by atoms with van der Waals surface area (Å²) in [6, 6.07) is 6.60. The molecule has 1 saturated carbocycles. The Hall–Kier alpha value is -1.88. The van der Waals surface area contributed by atoms with E-state index in [9.17, 15) is 14.7 Å². The van der Waals surface area contributed by atoms with E-state index in [-0.39, 0.29) is 17.9 Å². The van der Waals surface area contributed by atoms with Crippen molar-refractivity contribution in [2.24, 2.45) is 0 Å². The van der Waals surface area contributed by atoms with Gasteiger partial charge >= 0.3 is 5.97 Å². The summed E-state index contributed by atoms with van der Waals surface area (Å²) < 4.78 is 5.91. The monoisotopic (exact) mass is 345 g/mol. The molecule has 25 heavy (non-hydrogen) atoms. The first kappa shape index (κ1) is 17.9. The van der Waals surface area contributed by atoms with E-state index in [1.54, 1.807) is 12.1 Å². The van der Waals surface area contributed by atoms with Crippen molar-refractivity contribution < 1.29 is 19.4 Å². The topological polar surface area (TPSA) is 66.8 Å². The van der Waals surface area contributed by atoms with E-state index in [2.05, 4.69) is 20.8 Å². The van der Waals surface area contributed by atoms with Gasteiger partial charge in [-0.3, -0.25) is 9.69 Å². The molecule has 1 aromatic rings. The molecule has 0 unspecified atom stereocenters. The molecule has 1 aliphatic heterocycles. The summed E-state index contributed by atoms with van der Waals surface area (Å²) in [6.45, 7) is 6.43. The van der Waals surface area contributed by atoms with Gasteiger partial charge in [0.2, 0.25) is 0 Å². The molecule has 1 saturated heterocycles. The normalized spacial score (nSPS) is 23.0. The third kappa shape index (κ3) is 3.30. The Morgan fingerprint density at radius 1 is 1.12 bits per heavy atom. The Morgan fingerprint density at radius 2 is 1.72 bits per heavy atom. The van der Waals surface area contributed by atoms with Crippen LogP contribution >= 0.6 is 0 Å². The average Bonchev–Trinajstić information content (AvgIpc) is 2.93. The van der Waals surface area contributed by atoms with Gasteiger partial charge in [-0.2, -0.15) is 0 Å². The molecule has 0 aromatic heterocycles. The highest BCUT2D eigenvalue weighted by molar-refractivity contribution is 5.97. The molecule has 1 heterocycles. The summed E-state index contributed by atoms with van der Waals surface area (Å²) in [5, 5.41) is 9.57. The maximum atomic E-state index is 13.2. The molecule has 0 bridgehead atoms. The Morgan fingerprint density at radius 3 is 2.24 bits per heavy atom. The summed E-state index contributed by atoms with van der Waals surface area (Å²) in [4.78, 5) is 26.4. The number of ether oxygens (including phenoxy) is 1. The summed E-state index contributed by atoms with van der Waals surface area (Å²) in [5.74, 6) is -1.24. The first-order chi connectivity index (χ1) is 11.7. The first-order valence-corrected chi connectivity index (χ1v) is 9.06. The number of carbonyl (C=O) groups excluding carboxylic acids is 1. The van der Waals surface area contributed by atoms with Crippen molar-refractivity contribution in [2.45, 2.75) is 70.1 Å². The van der Waals surface area contributed by atoms with Gasteiger partial charge in [-0.1, -0.05) is 39.3 Å². The van der Waals surface area contributed by atoms with Crippen LogP contribution in [0.1, 0.15) is 68.8 Å². The van der Waals surface area contributed by atoms with Gasteiger partial charge in [-0.15, -0.1) is 0 Å². The third-order valence-corrected chi connectivity index (χ3v) is 5.40. The minimum absolute atomic E-state index is 0.00647. The minimum atomic E-state index is -0.998. The molecular formula is C20H27NO4. The fraction of sp³-hybridized carbons (Fsp3) is 0.600. The standard InChI is InChI=1S/C20H27NO4/c1-19(2,3)15-9-7-14(8-10-15)17(22)21-16(18(23)24)13-25-20(21)11-5-4-6-12-20/h7-10,16H,4-6,11-13H2,1-3H3,(H,23,24)/t16-/m0/s1. The van der Waals surface area contributed by atoms with Gasteiger partial charge in [0.05, 0.1) is 6.61 Å². The van der Waals surface area contributed by atoms with Crippen molar-refractivity contribution in [3.63, 3.8) is 0 Å². The highest BCUT2D eigenvalue weighted by atomic mass is 16.5. The van der Waals surface area contributed by atoms with Gasteiger partial charge in [-0.05, 0) is 48.8 Å². The van der Waals surface area contributed by atoms with E-state index in [4.69, 9.17) is 4.74 Å². The fourth-order valence-corrected chi connectivity index (χ4v) is 3.91. The van der Waals surface area contributed by atoms with Crippen LogP contribution in [-0.2, 0) is 14.9 Å². The van der Waals surface area contributed by atoms with E-state index in [0.29, 0.717) is 18.4 Å². The Kier molecular flexibility index (Phi) is 4.62. The van der Waals surface area contributed by atoms with Crippen molar-refractivity contribution in [1.82, 2.24) is 4.90 Å². The zero-order chi connectivity index (χ0) is 18.2. The highest BCUT2D eigenvalue weighted by Crippen LogP contribution is 2.41. The van der Waals surface area contributed by atoms with Crippen LogP contribution in [0.4, 0.5) is 0 Å². The zero-order valence-electron chi connectivity index (χ0n) is 15.2. The van der Waals surface area contributed by atoms with Gasteiger partial charge in [0.1, 0.15) is 5.72 Å². The molecule has 1 spiro atoms. The molecule has 1 aliphatic carbocycles. The lowest BCUT2D eigenvalue weighted by Gasteiger charge is -2.41. The molecule has 5 nitrogen and oxygen atoms in total. The number of benzene rings is 1. The molecule has 0 radical (unpaired) electrons. The van der Waals surface area contributed by atoms with Crippen molar-refractivity contribution in [3.8, 4) is 0 Å². The third-order valence-electron chi connectivity index (χ3n) is 5.40. The van der Waals surface area contributed by atoms with Crippen molar-refractivity contribution >= 4 is 11.9 Å². The summed E-state index contributed by atoms with van der Waals surface area (Å²) in [6.07, 6.45) is 4.44. The number of rotatable bonds is 2. The Balaban J connectivity index is 1.92. The lowest BCUT2D eigenvalue weighted by atomic mass is 9.86. The predicted octanol–water partition coefficient (Wildman–Crippen LogP) is 3.57. The quantitative estimate of drug-likeness (QED) is 0.890. The second-order valence-corrected chi connectivity index (χ2v) is 8.17. The van der Waals surface area contributed by atoms with Crippen LogP contribution in [0, 0.1) is 0 Å². The van der Waals surface area contributed by atoms with Crippen LogP contribution in [0.3, 0.4) is 0 Å². The van der Waals surface area contributed by atoms with E-state index in [0.717, 1.165) is 24.8 Å². The number of aliphatic carboxylic acids is 1. The molecule has 1 aromatic carbocycles. The number of nitrogens with zero attached hydrogens (tertiary/aromatic N) is 1. The second-order valence-electron chi connectivity index (χ2n) is 8.17. The molecular weight excluding hydrogens is 318 g/mol. The highest BCUT2D eigenvalue weighted by Gasteiger charge is 2.53. The van der Waals surface area contributed by atoms with E-state index >= 15 is 0 Å². The van der Waals surface area contributed by atoms with Crippen molar-refractivity contribution in [1.29, 1.82) is 0 Å². The van der Waals surface area contributed by atoms with E-state index < -0.39 is 17.7 Å². The Labute approximate surface area is 149 Å². The molecule has 2 fully saturated rings. The molecule has 136 valence electrons. The number of hydrogen-bond acceptors (Lipinski definition) is 3. The van der Waals surface area contributed by atoms with Gasteiger partial charge < -0.3 is 9.84 Å². The van der Waals surface area contributed by atoms with E-state index in [1.165, 1.54) is 4.90 Å². The maximum absolute atomic E-state index is 13.2. The molecule has 3 rings (SSSR count). The number of amides is 1.